The van der Waals surface area contributed by atoms with Crippen LogP contribution in [0.25, 0.3) is 11.0 Å². The Labute approximate surface area is 191 Å². The number of nitrogens with zero attached hydrogens (tertiary/aromatic N) is 4. The molecular formula is C24H26N4O5. The van der Waals surface area contributed by atoms with Crippen LogP contribution in [0.3, 0.4) is 0 Å². The van der Waals surface area contributed by atoms with Crippen molar-refractivity contribution in [1.29, 1.82) is 0 Å². The summed E-state index contributed by atoms with van der Waals surface area (Å²) in [5.41, 5.74) is 1.45. The van der Waals surface area contributed by atoms with E-state index in [0.717, 1.165) is 19.3 Å². The number of imidazole rings is 1. The second-order valence-electron chi connectivity index (χ2n) is 7.96. The van der Waals surface area contributed by atoms with Gasteiger partial charge < -0.3 is 9.30 Å². The van der Waals surface area contributed by atoms with E-state index in [-0.39, 0.29) is 17.9 Å². The SMILES string of the molecule is CCCCCN1C(=O)C(C(=O)OCC)C(c2ccccc2[N+](=O)[O-])n2c1nc1ccccc12. The molecule has 1 aromatic heterocycles. The Morgan fingerprint density at radius 2 is 1.85 bits per heavy atom. The minimum atomic E-state index is -1.27. The first kappa shape index (κ1) is 22.4. The van der Waals surface area contributed by atoms with Gasteiger partial charge in [-0.2, -0.15) is 0 Å². The molecule has 4 rings (SSSR count). The molecule has 0 aliphatic carbocycles. The number of anilines is 1. The minimum Gasteiger partial charge on any atom is -0.465 e. The summed E-state index contributed by atoms with van der Waals surface area (Å²) < 4.78 is 7.08. The maximum Gasteiger partial charge on any atom is 0.321 e. The van der Waals surface area contributed by atoms with E-state index >= 15 is 0 Å². The second kappa shape index (κ2) is 9.40. The predicted octanol–water partition coefficient (Wildman–Crippen LogP) is 4.25. The Morgan fingerprint density at radius 1 is 1.12 bits per heavy atom. The van der Waals surface area contributed by atoms with E-state index in [1.165, 1.54) is 11.0 Å². The van der Waals surface area contributed by atoms with Crippen molar-refractivity contribution >= 4 is 34.5 Å². The van der Waals surface area contributed by atoms with Crippen molar-refractivity contribution < 1.29 is 19.2 Å². The van der Waals surface area contributed by atoms with Crippen LogP contribution in [-0.2, 0) is 14.3 Å². The third kappa shape index (κ3) is 3.94. The number of unbranched alkanes of at least 4 members (excludes halogenated alkanes) is 2. The molecule has 0 fully saturated rings. The van der Waals surface area contributed by atoms with E-state index in [0.29, 0.717) is 23.5 Å². The number of nitro groups is 1. The fourth-order valence-electron chi connectivity index (χ4n) is 4.46. The molecule has 2 unspecified atom stereocenters. The van der Waals surface area contributed by atoms with Crippen LogP contribution >= 0.6 is 0 Å². The monoisotopic (exact) mass is 450 g/mol. The van der Waals surface area contributed by atoms with Crippen LogP contribution in [0.15, 0.2) is 48.5 Å². The third-order valence-corrected chi connectivity index (χ3v) is 5.92. The van der Waals surface area contributed by atoms with E-state index in [9.17, 15) is 19.7 Å². The summed E-state index contributed by atoms with van der Waals surface area (Å²) in [6.07, 6.45) is 2.64. The van der Waals surface area contributed by atoms with Crippen molar-refractivity contribution in [2.24, 2.45) is 5.92 Å². The van der Waals surface area contributed by atoms with Gasteiger partial charge in [0.05, 0.1) is 34.2 Å². The maximum absolute atomic E-state index is 13.7. The van der Waals surface area contributed by atoms with Gasteiger partial charge in [-0.15, -0.1) is 0 Å². The first-order valence-electron chi connectivity index (χ1n) is 11.2. The molecule has 0 radical (unpaired) electrons. The van der Waals surface area contributed by atoms with E-state index < -0.39 is 28.8 Å². The molecule has 0 spiro atoms. The number of rotatable bonds is 8. The molecule has 2 aromatic carbocycles. The van der Waals surface area contributed by atoms with Crippen molar-refractivity contribution in [2.45, 2.75) is 39.2 Å². The van der Waals surface area contributed by atoms with E-state index in [1.807, 2.05) is 24.3 Å². The molecule has 9 heteroatoms. The van der Waals surface area contributed by atoms with Crippen LogP contribution in [-0.4, -0.2) is 39.5 Å². The van der Waals surface area contributed by atoms with Crippen molar-refractivity contribution in [3.8, 4) is 0 Å². The molecule has 0 saturated carbocycles. The number of amides is 1. The molecule has 2 atom stereocenters. The highest BCUT2D eigenvalue weighted by molar-refractivity contribution is 6.08. The topological polar surface area (TPSA) is 108 Å². The molecule has 0 saturated heterocycles. The van der Waals surface area contributed by atoms with Gasteiger partial charge in [-0.05, 0) is 25.5 Å². The summed E-state index contributed by atoms with van der Waals surface area (Å²) in [5.74, 6) is -2.02. The number of ether oxygens (including phenoxy) is 1. The van der Waals surface area contributed by atoms with Crippen LogP contribution in [0.1, 0.15) is 44.7 Å². The summed E-state index contributed by atoms with van der Waals surface area (Å²) >= 11 is 0. The number of nitro benzene ring substituents is 1. The van der Waals surface area contributed by atoms with Gasteiger partial charge in [0.25, 0.3) is 5.69 Å². The molecule has 2 heterocycles. The quantitative estimate of drug-likeness (QED) is 0.167. The fourth-order valence-corrected chi connectivity index (χ4v) is 4.46. The average molecular weight is 450 g/mol. The summed E-state index contributed by atoms with van der Waals surface area (Å²) in [6.45, 7) is 4.23. The highest BCUT2D eigenvalue weighted by Crippen LogP contribution is 2.43. The van der Waals surface area contributed by atoms with E-state index in [2.05, 4.69) is 6.92 Å². The Kier molecular flexibility index (Phi) is 6.39. The first-order chi connectivity index (χ1) is 16.0. The average Bonchev–Trinajstić information content (AvgIpc) is 3.19. The van der Waals surface area contributed by atoms with Gasteiger partial charge in [0.2, 0.25) is 11.9 Å². The van der Waals surface area contributed by atoms with Gasteiger partial charge in [0, 0.05) is 12.6 Å². The minimum absolute atomic E-state index is 0.0968. The Hall–Kier alpha value is -3.75. The third-order valence-electron chi connectivity index (χ3n) is 5.92. The van der Waals surface area contributed by atoms with Crippen LogP contribution < -0.4 is 4.90 Å². The first-order valence-corrected chi connectivity index (χ1v) is 11.2. The molecule has 9 nitrogen and oxygen atoms in total. The van der Waals surface area contributed by atoms with Crippen LogP contribution in [0.5, 0.6) is 0 Å². The predicted molar refractivity (Wildman–Crippen MR) is 123 cm³/mol. The molecule has 33 heavy (non-hydrogen) atoms. The van der Waals surface area contributed by atoms with Gasteiger partial charge >= 0.3 is 5.97 Å². The molecule has 1 aliphatic heterocycles. The largest absolute Gasteiger partial charge is 0.465 e. The zero-order valence-corrected chi connectivity index (χ0v) is 18.6. The Bertz CT molecular complexity index is 1200. The summed E-state index contributed by atoms with van der Waals surface area (Å²) in [5, 5.41) is 11.9. The number of aromatic nitrogens is 2. The lowest BCUT2D eigenvalue weighted by Crippen LogP contribution is -2.50. The number of hydrogen-bond acceptors (Lipinski definition) is 6. The number of benzene rings is 2. The van der Waals surface area contributed by atoms with Crippen molar-refractivity contribution in [3.05, 3.63) is 64.2 Å². The lowest BCUT2D eigenvalue weighted by molar-refractivity contribution is -0.385. The molecule has 1 aliphatic rings. The highest BCUT2D eigenvalue weighted by atomic mass is 16.6. The number of para-hydroxylation sites is 3. The van der Waals surface area contributed by atoms with Crippen molar-refractivity contribution in [1.82, 2.24) is 9.55 Å². The fraction of sp³-hybridized carbons (Fsp3) is 0.375. The molecule has 1 amide bonds. The Morgan fingerprint density at radius 3 is 2.58 bits per heavy atom. The standard InChI is InChI=1S/C24H26N4O5/c1-3-5-10-15-26-22(29)20(23(30)33-4-2)21(16-11-6-8-13-18(16)28(31)32)27-19-14-9-7-12-17(19)25-24(26)27/h6-9,11-14,20-21H,3-5,10,15H2,1-2H3. The Balaban J connectivity index is 2.00. The number of carbonyl (C=O) groups is 2. The number of carbonyl (C=O) groups excluding carboxylic acids is 2. The normalized spacial score (nSPS) is 17.8. The lowest BCUT2D eigenvalue weighted by Gasteiger charge is -2.37. The number of hydrogen-bond donors (Lipinski definition) is 0. The van der Waals surface area contributed by atoms with Crippen LogP contribution in [0.4, 0.5) is 11.6 Å². The van der Waals surface area contributed by atoms with Crippen molar-refractivity contribution in [3.63, 3.8) is 0 Å². The molecule has 0 bridgehead atoms. The van der Waals surface area contributed by atoms with E-state index in [1.54, 1.807) is 29.7 Å². The summed E-state index contributed by atoms with van der Waals surface area (Å²) in [6, 6.07) is 12.6. The highest BCUT2D eigenvalue weighted by Gasteiger charge is 2.49. The molecular weight excluding hydrogens is 424 g/mol. The van der Waals surface area contributed by atoms with Gasteiger partial charge in [0.1, 0.15) is 0 Å². The summed E-state index contributed by atoms with van der Waals surface area (Å²) in [7, 11) is 0. The van der Waals surface area contributed by atoms with Gasteiger partial charge in [-0.1, -0.05) is 50.1 Å². The van der Waals surface area contributed by atoms with Crippen LogP contribution in [0.2, 0.25) is 0 Å². The van der Waals surface area contributed by atoms with Gasteiger partial charge in [-0.3, -0.25) is 24.6 Å². The molecule has 172 valence electrons. The maximum atomic E-state index is 13.7. The molecule has 0 N–H and O–H groups in total. The second-order valence-corrected chi connectivity index (χ2v) is 7.96. The smallest absolute Gasteiger partial charge is 0.321 e. The summed E-state index contributed by atoms with van der Waals surface area (Å²) in [4.78, 5) is 44.5. The lowest BCUT2D eigenvalue weighted by atomic mass is 9.88. The number of fused-ring (bicyclic) bond motifs is 3. The van der Waals surface area contributed by atoms with Gasteiger partial charge in [0.15, 0.2) is 5.92 Å². The van der Waals surface area contributed by atoms with Crippen LogP contribution in [0, 0.1) is 16.0 Å². The number of esters is 1. The van der Waals surface area contributed by atoms with Gasteiger partial charge in [-0.25, -0.2) is 4.98 Å². The zero-order valence-electron chi connectivity index (χ0n) is 18.6. The zero-order chi connectivity index (χ0) is 23.5. The molecule has 3 aromatic rings. The van der Waals surface area contributed by atoms with E-state index in [4.69, 9.17) is 9.72 Å². The van der Waals surface area contributed by atoms with Crippen molar-refractivity contribution in [2.75, 3.05) is 18.1 Å².